The van der Waals surface area contributed by atoms with Crippen LogP contribution in [0.1, 0.15) is 13.8 Å². The Morgan fingerprint density at radius 1 is 1.38 bits per heavy atom. The monoisotopic (exact) mass is 317 g/mol. The summed E-state index contributed by atoms with van der Waals surface area (Å²) in [6, 6.07) is 3.25. The van der Waals surface area contributed by atoms with Gasteiger partial charge >= 0.3 is 10.2 Å². The van der Waals surface area contributed by atoms with Gasteiger partial charge in [0.05, 0.1) is 25.1 Å². The normalized spacial score (nSPS) is 11.9. The molecule has 7 nitrogen and oxygen atoms in total. The predicted molar refractivity (Wildman–Crippen MR) is 81.6 cm³/mol. The molecule has 0 bridgehead atoms. The molecule has 0 aliphatic carbocycles. The Morgan fingerprint density at radius 3 is 2.62 bits per heavy atom. The van der Waals surface area contributed by atoms with Crippen molar-refractivity contribution in [3.05, 3.63) is 18.3 Å². The number of aromatic nitrogens is 1. The van der Waals surface area contributed by atoms with Crippen molar-refractivity contribution in [2.24, 2.45) is 5.92 Å². The quantitative estimate of drug-likeness (QED) is 0.743. The first kappa shape index (κ1) is 17.7. The van der Waals surface area contributed by atoms with E-state index in [2.05, 4.69) is 9.71 Å². The lowest BCUT2D eigenvalue weighted by Gasteiger charge is -2.17. The summed E-state index contributed by atoms with van der Waals surface area (Å²) in [7, 11) is -0.599. The average molecular weight is 317 g/mol. The second-order valence-electron chi connectivity index (χ2n) is 5.01. The van der Waals surface area contributed by atoms with Crippen LogP contribution in [0.4, 0.5) is 5.69 Å². The van der Waals surface area contributed by atoms with Crippen LogP contribution in [0.3, 0.4) is 0 Å². The van der Waals surface area contributed by atoms with E-state index in [1.165, 1.54) is 24.7 Å². The lowest BCUT2D eigenvalue weighted by atomic mass is 10.2. The fraction of sp³-hybridized carbons (Fsp3) is 0.615. The highest BCUT2D eigenvalue weighted by atomic mass is 32.2. The van der Waals surface area contributed by atoms with Crippen LogP contribution in [0, 0.1) is 5.92 Å². The van der Waals surface area contributed by atoms with Crippen LogP contribution in [0.2, 0.25) is 0 Å². The van der Waals surface area contributed by atoms with E-state index >= 15 is 0 Å². The number of methoxy groups -OCH3 is 1. The number of nitrogens with zero attached hydrogens (tertiary/aromatic N) is 2. The van der Waals surface area contributed by atoms with Gasteiger partial charge in [-0.3, -0.25) is 4.72 Å². The maximum absolute atomic E-state index is 12.0. The minimum absolute atomic E-state index is 0.273. The van der Waals surface area contributed by atoms with Crippen LogP contribution in [0.15, 0.2) is 18.3 Å². The first-order valence-electron chi connectivity index (χ1n) is 6.67. The zero-order valence-corrected chi connectivity index (χ0v) is 13.7. The van der Waals surface area contributed by atoms with Crippen molar-refractivity contribution in [2.75, 3.05) is 38.6 Å². The predicted octanol–water partition coefficient (Wildman–Crippen LogP) is 1.35. The Balaban J connectivity index is 2.62. The molecule has 0 aromatic carbocycles. The number of hydrogen-bond donors (Lipinski definition) is 1. The molecule has 120 valence electrons. The molecular formula is C13H23N3O4S. The van der Waals surface area contributed by atoms with Crippen molar-refractivity contribution in [1.29, 1.82) is 0 Å². The Bertz CT molecular complexity index is 517. The van der Waals surface area contributed by atoms with Crippen LogP contribution < -0.4 is 9.46 Å². The summed E-state index contributed by atoms with van der Waals surface area (Å²) >= 11 is 0. The van der Waals surface area contributed by atoms with E-state index in [-0.39, 0.29) is 6.54 Å². The van der Waals surface area contributed by atoms with Crippen molar-refractivity contribution in [1.82, 2.24) is 9.29 Å². The molecule has 21 heavy (non-hydrogen) atoms. The number of likely N-dealkylation sites (N-methyl/N-ethyl adjacent to an activating group) is 1. The SMILES string of the molecule is COCCN(C)S(=O)(=O)Nc1ccc(OCC(C)C)nc1. The third-order valence-corrected chi connectivity index (χ3v) is 4.07. The van der Waals surface area contributed by atoms with Gasteiger partial charge in [-0.25, -0.2) is 4.98 Å². The summed E-state index contributed by atoms with van der Waals surface area (Å²) in [5.41, 5.74) is 0.385. The molecular weight excluding hydrogens is 294 g/mol. The van der Waals surface area contributed by atoms with Crippen LogP contribution in [-0.2, 0) is 14.9 Å². The van der Waals surface area contributed by atoms with Gasteiger partial charge < -0.3 is 9.47 Å². The number of anilines is 1. The molecule has 0 unspecified atom stereocenters. The topological polar surface area (TPSA) is 80.8 Å². The third kappa shape index (κ3) is 6.28. The standard InChI is InChI=1S/C13H23N3O4S/c1-11(2)10-20-13-6-5-12(9-14-13)15-21(17,18)16(3)7-8-19-4/h5-6,9,11,15H,7-8,10H2,1-4H3. The third-order valence-electron chi connectivity index (χ3n) is 2.57. The van der Waals surface area contributed by atoms with E-state index in [0.717, 1.165) is 0 Å². The van der Waals surface area contributed by atoms with Crippen LogP contribution >= 0.6 is 0 Å². The van der Waals surface area contributed by atoms with Crippen LogP contribution in [-0.4, -0.2) is 51.6 Å². The van der Waals surface area contributed by atoms with E-state index in [0.29, 0.717) is 30.7 Å². The summed E-state index contributed by atoms with van der Waals surface area (Å²) < 4.78 is 37.9. The zero-order valence-electron chi connectivity index (χ0n) is 12.9. The van der Waals surface area contributed by atoms with Gasteiger partial charge in [-0.15, -0.1) is 0 Å². The molecule has 0 radical (unpaired) electrons. The summed E-state index contributed by atoms with van der Waals surface area (Å²) in [5, 5.41) is 0. The van der Waals surface area contributed by atoms with Gasteiger partial charge in [-0.05, 0) is 12.0 Å². The average Bonchev–Trinajstić information content (AvgIpc) is 2.43. The molecule has 0 fully saturated rings. The van der Waals surface area contributed by atoms with Gasteiger partial charge in [0.1, 0.15) is 0 Å². The summed E-state index contributed by atoms with van der Waals surface area (Å²) in [6.45, 7) is 5.25. The molecule has 1 aromatic rings. The first-order chi connectivity index (χ1) is 9.85. The zero-order chi connectivity index (χ0) is 15.9. The second-order valence-corrected chi connectivity index (χ2v) is 6.79. The summed E-state index contributed by atoms with van der Waals surface area (Å²) in [5.74, 6) is 0.874. The maximum atomic E-state index is 12.0. The molecule has 0 spiro atoms. The highest BCUT2D eigenvalue weighted by molar-refractivity contribution is 7.90. The molecule has 0 atom stereocenters. The van der Waals surface area contributed by atoms with Gasteiger partial charge in [0.25, 0.3) is 0 Å². The van der Waals surface area contributed by atoms with Gasteiger partial charge in [-0.2, -0.15) is 12.7 Å². The van der Waals surface area contributed by atoms with Crippen molar-refractivity contribution < 1.29 is 17.9 Å². The Labute approximate surface area is 126 Å². The van der Waals surface area contributed by atoms with E-state index < -0.39 is 10.2 Å². The number of hydrogen-bond acceptors (Lipinski definition) is 5. The minimum atomic E-state index is -3.60. The van der Waals surface area contributed by atoms with E-state index in [1.54, 1.807) is 12.1 Å². The Hall–Kier alpha value is -1.38. The Kier molecular flexibility index (Phi) is 6.86. The van der Waals surface area contributed by atoms with E-state index in [9.17, 15) is 8.42 Å². The highest BCUT2D eigenvalue weighted by Crippen LogP contribution is 2.14. The largest absolute Gasteiger partial charge is 0.477 e. The van der Waals surface area contributed by atoms with Crippen molar-refractivity contribution in [3.63, 3.8) is 0 Å². The van der Waals surface area contributed by atoms with E-state index in [1.807, 2.05) is 13.8 Å². The van der Waals surface area contributed by atoms with Crippen LogP contribution in [0.5, 0.6) is 5.88 Å². The molecule has 1 N–H and O–H groups in total. The minimum Gasteiger partial charge on any atom is -0.477 e. The van der Waals surface area contributed by atoms with Crippen molar-refractivity contribution in [3.8, 4) is 5.88 Å². The number of ether oxygens (including phenoxy) is 2. The summed E-state index contributed by atoms with van der Waals surface area (Å²) in [4.78, 5) is 4.06. The summed E-state index contributed by atoms with van der Waals surface area (Å²) in [6.07, 6.45) is 1.43. The second kappa shape index (κ2) is 8.16. The highest BCUT2D eigenvalue weighted by Gasteiger charge is 2.17. The molecule has 0 aliphatic rings. The van der Waals surface area contributed by atoms with Gasteiger partial charge in [-0.1, -0.05) is 13.8 Å². The number of rotatable bonds is 9. The van der Waals surface area contributed by atoms with Crippen molar-refractivity contribution in [2.45, 2.75) is 13.8 Å². The molecule has 0 aliphatic heterocycles. The molecule has 1 heterocycles. The van der Waals surface area contributed by atoms with E-state index in [4.69, 9.17) is 9.47 Å². The van der Waals surface area contributed by atoms with Gasteiger partial charge in [0.2, 0.25) is 5.88 Å². The lowest BCUT2D eigenvalue weighted by molar-refractivity contribution is 0.185. The van der Waals surface area contributed by atoms with Crippen LogP contribution in [0.25, 0.3) is 0 Å². The Morgan fingerprint density at radius 2 is 2.10 bits per heavy atom. The molecule has 0 saturated heterocycles. The van der Waals surface area contributed by atoms with Gasteiger partial charge in [0.15, 0.2) is 0 Å². The lowest BCUT2D eigenvalue weighted by Crippen LogP contribution is -2.34. The molecule has 1 aromatic heterocycles. The molecule has 8 heteroatoms. The molecule has 0 saturated carbocycles. The fourth-order valence-corrected chi connectivity index (χ4v) is 2.23. The molecule has 1 rings (SSSR count). The smallest absolute Gasteiger partial charge is 0.301 e. The van der Waals surface area contributed by atoms with Crippen molar-refractivity contribution >= 4 is 15.9 Å². The first-order valence-corrected chi connectivity index (χ1v) is 8.11. The fourth-order valence-electron chi connectivity index (χ4n) is 1.34. The maximum Gasteiger partial charge on any atom is 0.301 e. The number of nitrogens with one attached hydrogen (secondary N) is 1. The molecule has 0 amide bonds. The number of pyridine rings is 1. The van der Waals surface area contributed by atoms with Gasteiger partial charge in [0, 0.05) is 26.8 Å².